The van der Waals surface area contributed by atoms with Gasteiger partial charge in [0.05, 0.1) is 10.6 Å². The second-order valence-electron chi connectivity index (χ2n) is 2.60. The van der Waals surface area contributed by atoms with E-state index in [0.717, 1.165) is 0 Å². The first-order chi connectivity index (χ1) is 6.97. The molecule has 0 saturated heterocycles. The summed E-state index contributed by atoms with van der Waals surface area (Å²) >= 11 is 5.43. The maximum atomic E-state index is 12.4. The van der Waals surface area contributed by atoms with Gasteiger partial charge in [0.15, 0.2) is 0 Å². The smallest absolute Gasteiger partial charge is 0.306 e. The van der Waals surface area contributed by atoms with Gasteiger partial charge in [0, 0.05) is 18.2 Å². The lowest BCUT2D eigenvalue weighted by Gasteiger charge is -2.06. The molecule has 0 aromatic carbocycles. The fourth-order valence-corrected chi connectivity index (χ4v) is 1.24. The molecular weight excluding hydrogens is 232 g/mol. The molecule has 0 bridgehead atoms. The normalized spacial score (nSPS) is 10.7. The molecule has 0 atom stereocenters. The first-order valence-corrected chi connectivity index (χ1v) is 4.17. The van der Waals surface area contributed by atoms with Gasteiger partial charge in [-0.25, -0.2) is 13.8 Å². The van der Waals surface area contributed by atoms with E-state index in [-0.39, 0.29) is 12.2 Å². The van der Waals surface area contributed by atoms with E-state index in [1.165, 1.54) is 0 Å². The van der Waals surface area contributed by atoms with Gasteiger partial charge < -0.3 is 5.73 Å². The quantitative estimate of drug-likeness (QED) is 0.495. The standard InChI is InChI=1S/C7H6ClF2N3O2/c8-6-5(13(14)15)1-3(7(9)10)4(2-11)12-6/h1,7H,2,11H2. The van der Waals surface area contributed by atoms with Crippen LogP contribution in [0.5, 0.6) is 0 Å². The predicted molar refractivity (Wildman–Crippen MR) is 48.7 cm³/mol. The minimum Gasteiger partial charge on any atom is -0.325 e. The fraction of sp³-hybridized carbons (Fsp3) is 0.286. The van der Waals surface area contributed by atoms with Crippen molar-refractivity contribution in [1.29, 1.82) is 0 Å². The van der Waals surface area contributed by atoms with Crippen molar-refractivity contribution in [3.63, 3.8) is 0 Å². The number of alkyl halides is 2. The van der Waals surface area contributed by atoms with E-state index in [0.29, 0.717) is 6.07 Å². The summed E-state index contributed by atoms with van der Waals surface area (Å²) in [5, 5.41) is 9.96. The number of halogens is 3. The van der Waals surface area contributed by atoms with Crippen molar-refractivity contribution in [2.75, 3.05) is 0 Å². The number of aromatic nitrogens is 1. The maximum Gasteiger partial charge on any atom is 0.306 e. The molecule has 0 aliphatic heterocycles. The van der Waals surface area contributed by atoms with Gasteiger partial charge in [0.1, 0.15) is 0 Å². The second-order valence-corrected chi connectivity index (χ2v) is 2.95. The van der Waals surface area contributed by atoms with Crippen LogP contribution in [0.3, 0.4) is 0 Å². The third-order valence-corrected chi connectivity index (χ3v) is 1.97. The van der Waals surface area contributed by atoms with E-state index in [2.05, 4.69) is 4.98 Å². The molecule has 82 valence electrons. The van der Waals surface area contributed by atoms with E-state index >= 15 is 0 Å². The maximum absolute atomic E-state index is 12.4. The van der Waals surface area contributed by atoms with E-state index in [4.69, 9.17) is 17.3 Å². The number of hydrogen-bond acceptors (Lipinski definition) is 4. The Labute approximate surface area is 88.0 Å². The molecule has 15 heavy (non-hydrogen) atoms. The van der Waals surface area contributed by atoms with Gasteiger partial charge in [0.25, 0.3) is 6.43 Å². The van der Waals surface area contributed by atoms with Crippen LogP contribution in [0.2, 0.25) is 5.15 Å². The zero-order chi connectivity index (χ0) is 11.6. The summed E-state index contributed by atoms with van der Waals surface area (Å²) < 4.78 is 24.9. The number of nitrogens with two attached hydrogens (primary N) is 1. The Kier molecular flexibility index (Phi) is 3.48. The molecule has 0 saturated carbocycles. The first kappa shape index (κ1) is 11.7. The molecule has 0 unspecified atom stereocenters. The fourth-order valence-electron chi connectivity index (χ4n) is 1.01. The molecule has 0 radical (unpaired) electrons. The molecule has 0 aliphatic carbocycles. The van der Waals surface area contributed by atoms with E-state index in [1.54, 1.807) is 0 Å². The van der Waals surface area contributed by atoms with Crippen molar-refractivity contribution >= 4 is 17.3 Å². The van der Waals surface area contributed by atoms with Crippen LogP contribution < -0.4 is 5.73 Å². The lowest BCUT2D eigenvalue weighted by Crippen LogP contribution is -2.07. The Morgan fingerprint density at radius 2 is 2.27 bits per heavy atom. The average Bonchev–Trinajstić information content (AvgIpc) is 2.16. The summed E-state index contributed by atoms with van der Waals surface area (Å²) in [6.07, 6.45) is -2.87. The number of rotatable bonds is 3. The molecule has 0 fully saturated rings. The minimum atomic E-state index is -2.87. The van der Waals surface area contributed by atoms with Crippen LogP contribution in [-0.2, 0) is 6.54 Å². The highest BCUT2D eigenvalue weighted by Crippen LogP contribution is 2.30. The van der Waals surface area contributed by atoms with E-state index in [9.17, 15) is 18.9 Å². The SMILES string of the molecule is NCc1nc(Cl)c([N+](=O)[O-])cc1C(F)F. The van der Waals surface area contributed by atoms with Crippen LogP contribution in [0, 0.1) is 10.1 Å². The van der Waals surface area contributed by atoms with Crippen LogP contribution in [0.15, 0.2) is 6.07 Å². The van der Waals surface area contributed by atoms with Gasteiger partial charge >= 0.3 is 5.69 Å². The summed E-state index contributed by atoms with van der Waals surface area (Å²) in [4.78, 5) is 13.0. The van der Waals surface area contributed by atoms with Gasteiger partial charge in [-0.15, -0.1) is 0 Å². The van der Waals surface area contributed by atoms with E-state index in [1.807, 2.05) is 0 Å². The van der Waals surface area contributed by atoms with Crippen LogP contribution >= 0.6 is 11.6 Å². The van der Waals surface area contributed by atoms with Crippen LogP contribution in [0.25, 0.3) is 0 Å². The van der Waals surface area contributed by atoms with Crippen LogP contribution in [0.1, 0.15) is 17.7 Å². The molecule has 1 heterocycles. The molecule has 2 N–H and O–H groups in total. The summed E-state index contributed by atoms with van der Waals surface area (Å²) in [6.45, 7) is -0.253. The summed E-state index contributed by atoms with van der Waals surface area (Å²) in [7, 11) is 0. The summed E-state index contributed by atoms with van der Waals surface area (Å²) in [6, 6.07) is 0.697. The number of nitro groups is 1. The molecule has 5 nitrogen and oxygen atoms in total. The van der Waals surface area contributed by atoms with Crippen LogP contribution in [-0.4, -0.2) is 9.91 Å². The Morgan fingerprint density at radius 1 is 1.67 bits per heavy atom. The van der Waals surface area contributed by atoms with Gasteiger partial charge in [-0.2, -0.15) is 0 Å². The molecule has 1 aromatic rings. The van der Waals surface area contributed by atoms with Crippen molar-refractivity contribution in [3.05, 3.63) is 32.6 Å². The molecule has 1 rings (SSSR count). The predicted octanol–water partition coefficient (Wildman–Crippen LogP) is 2.04. The highest BCUT2D eigenvalue weighted by molar-refractivity contribution is 6.31. The Hall–Kier alpha value is -1.34. The van der Waals surface area contributed by atoms with Crippen LogP contribution in [0.4, 0.5) is 14.5 Å². The molecular formula is C7H6ClF2N3O2. The zero-order valence-corrected chi connectivity index (χ0v) is 8.04. The van der Waals surface area contributed by atoms with Gasteiger partial charge in [-0.1, -0.05) is 11.6 Å². The van der Waals surface area contributed by atoms with E-state index < -0.39 is 27.8 Å². The first-order valence-electron chi connectivity index (χ1n) is 3.79. The topological polar surface area (TPSA) is 82.0 Å². The third-order valence-electron chi connectivity index (χ3n) is 1.70. The minimum absolute atomic E-state index is 0.138. The molecule has 0 aliphatic rings. The Bertz CT molecular complexity index is 400. The van der Waals surface area contributed by atoms with Crippen molar-refractivity contribution in [2.24, 2.45) is 5.73 Å². The van der Waals surface area contributed by atoms with Gasteiger partial charge in [-0.3, -0.25) is 10.1 Å². The number of pyridine rings is 1. The highest BCUT2D eigenvalue weighted by atomic mass is 35.5. The third kappa shape index (κ3) is 2.37. The van der Waals surface area contributed by atoms with Crippen molar-refractivity contribution in [3.8, 4) is 0 Å². The van der Waals surface area contributed by atoms with Crippen molar-refractivity contribution < 1.29 is 13.7 Å². The largest absolute Gasteiger partial charge is 0.325 e. The lowest BCUT2D eigenvalue weighted by atomic mass is 10.2. The van der Waals surface area contributed by atoms with Gasteiger partial charge in [-0.05, 0) is 0 Å². The highest BCUT2D eigenvalue weighted by Gasteiger charge is 2.22. The molecule has 8 heteroatoms. The number of hydrogen-bond donors (Lipinski definition) is 1. The summed E-state index contributed by atoms with van der Waals surface area (Å²) in [5.74, 6) is 0. The average molecular weight is 238 g/mol. The lowest BCUT2D eigenvalue weighted by molar-refractivity contribution is -0.385. The zero-order valence-electron chi connectivity index (χ0n) is 7.28. The Morgan fingerprint density at radius 3 is 2.67 bits per heavy atom. The Balaban J connectivity index is 3.37. The van der Waals surface area contributed by atoms with Crippen molar-refractivity contribution in [2.45, 2.75) is 13.0 Å². The van der Waals surface area contributed by atoms with Gasteiger partial charge in [0.2, 0.25) is 5.15 Å². The number of nitrogens with zero attached hydrogens (tertiary/aromatic N) is 2. The molecule has 0 amide bonds. The summed E-state index contributed by atoms with van der Waals surface area (Å²) in [5.41, 5.74) is 3.81. The molecule has 0 spiro atoms. The van der Waals surface area contributed by atoms with Crippen molar-refractivity contribution in [1.82, 2.24) is 4.98 Å². The monoisotopic (exact) mass is 237 g/mol. The second kappa shape index (κ2) is 4.45. The molecule has 1 aromatic heterocycles.